The van der Waals surface area contributed by atoms with E-state index in [0.29, 0.717) is 0 Å². The van der Waals surface area contributed by atoms with Gasteiger partial charge in [-0.25, -0.2) is 13.2 Å². The molecule has 0 atom stereocenters. The first-order valence-electron chi connectivity index (χ1n) is 4.95. The van der Waals surface area contributed by atoms with Crippen molar-refractivity contribution in [2.75, 3.05) is 0 Å². The Balaban J connectivity index is 2.35. The highest BCUT2D eigenvalue weighted by Crippen LogP contribution is 2.20. The number of hydrogen-bond acceptors (Lipinski definition) is 0. The van der Waals surface area contributed by atoms with Gasteiger partial charge in [-0.15, -0.1) is 0 Å². The molecular formula is C13H8ClF3. The van der Waals surface area contributed by atoms with E-state index in [1.54, 1.807) is 0 Å². The van der Waals surface area contributed by atoms with Gasteiger partial charge in [0.1, 0.15) is 5.82 Å². The fraction of sp³-hybridized carbons (Fsp3) is 0.0769. The lowest BCUT2D eigenvalue weighted by Crippen LogP contribution is -1.97. The third-order valence-corrected chi connectivity index (χ3v) is 2.66. The van der Waals surface area contributed by atoms with Crippen molar-refractivity contribution in [3.8, 4) is 0 Å². The SMILES string of the molecule is Fc1cc(Cl)ccc1Cc1cccc(F)c1F. The quantitative estimate of drug-likeness (QED) is 0.749. The first kappa shape index (κ1) is 12.0. The van der Waals surface area contributed by atoms with Crippen molar-refractivity contribution in [3.63, 3.8) is 0 Å². The summed E-state index contributed by atoms with van der Waals surface area (Å²) < 4.78 is 39.8. The van der Waals surface area contributed by atoms with Crippen LogP contribution in [0.5, 0.6) is 0 Å². The van der Waals surface area contributed by atoms with Crippen LogP contribution in [0.1, 0.15) is 11.1 Å². The number of halogens is 4. The van der Waals surface area contributed by atoms with Crippen molar-refractivity contribution < 1.29 is 13.2 Å². The molecule has 2 rings (SSSR count). The lowest BCUT2D eigenvalue weighted by atomic mass is 10.0. The zero-order valence-corrected chi connectivity index (χ0v) is 9.44. The predicted molar refractivity (Wildman–Crippen MR) is 60.6 cm³/mol. The maximum atomic E-state index is 13.5. The van der Waals surface area contributed by atoms with Crippen molar-refractivity contribution in [1.29, 1.82) is 0 Å². The Morgan fingerprint density at radius 3 is 2.35 bits per heavy atom. The fourth-order valence-corrected chi connectivity index (χ4v) is 1.71. The van der Waals surface area contributed by atoms with Crippen molar-refractivity contribution in [2.45, 2.75) is 6.42 Å². The highest BCUT2D eigenvalue weighted by Gasteiger charge is 2.10. The molecule has 0 aromatic heterocycles. The summed E-state index contributed by atoms with van der Waals surface area (Å²) in [5.74, 6) is -2.40. The number of benzene rings is 2. The average Bonchev–Trinajstić information content (AvgIpc) is 2.28. The molecule has 0 aliphatic carbocycles. The van der Waals surface area contributed by atoms with E-state index >= 15 is 0 Å². The Labute approximate surface area is 102 Å². The van der Waals surface area contributed by atoms with Gasteiger partial charge in [0.2, 0.25) is 0 Å². The zero-order valence-electron chi connectivity index (χ0n) is 8.68. The fourth-order valence-electron chi connectivity index (χ4n) is 1.56. The van der Waals surface area contributed by atoms with Crippen LogP contribution in [0.4, 0.5) is 13.2 Å². The van der Waals surface area contributed by atoms with Crippen LogP contribution in [-0.4, -0.2) is 0 Å². The second-order valence-corrected chi connectivity index (χ2v) is 4.06. The minimum Gasteiger partial charge on any atom is -0.207 e. The lowest BCUT2D eigenvalue weighted by Gasteiger charge is -2.05. The smallest absolute Gasteiger partial charge is 0.162 e. The van der Waals surface area contributed by atoms with E-state index in [-0.39, 0.29) is 22.6 Å². The molecule has 0 saturated carbocycles. The van der Waals surface area contributed by atoms with E-state index in [1.165, 1.54) is 24.3 Å². The lowest BCUT2D eigenvalue weighted by molar-refractivity contribution is 0.500. The molecule has 0 amide bonds. The van der Waals surface area contributed by atoms with Gasteiger partial charge in [0.25, 0.3) is 0 Å². The Morgan fingerprint density at radius 1 is 0.882 bits per heavy atom. The summed E-state index contributed by atoms with van der Waals surface area (Å²) in [4.78, 5) is 0. The predicted octanol–water partition coefficient (Wildman–Crippen LogP) is 4.35. The van der Waals surface area contributed by atoms with Crippen LogP contribution in [0, 0.1) is 17.5 Å². The molecule has 88 valence electrons. The van der Waals surface area contributed by atoms with Crippen LogP contribution in [0.3, 0.4) is 0 Å². The maximum Gasteiger partial charge on any atom is 0.162 e. The molecule has 0 N–H and O–H groups in total. The summed E-state index contributed by atoms with van der Waals surface area (Å²) in [7, 11) is 0. The highest BCUT2D eigenvalue weighted by molar-refractivity contribution is 6.30. The molecule has 17 heavy (non-hydrogen) atoms. The van der Waals surface area contributed by atoms with Crippen molar-refractivity contribution in [1.82, 2.24) is 0 Å². The van der Waals surface area contributed by atoms with Crippen molar-refractivity contribution in [2.24, 2.45) is 0 Å². The highest BCUT2D eigenvalue weighted by atomic mass is 35.5. The molecule has 0 bridgehead atoms. The summed E-state index contributed by atoms with van der Waals surface area (Å²) in [5.41, 5.74) is 0.394. The van der Waals surface area contributed by atoms with Gasteiger partial charge in [-0.2, -0.15) is 0 Å². The van der Waals surface area contributed by atoms with Gasteiger partial charge in [-0.3, -0.25) is 0 Å². The van der Waals surface area contributed by atoms with Crippen LogP contribution in [-0.2, 0) is 6.42 Å². The van der Waals surface area contributed by atoms with Crippen molar-refractivity contribution in [3.05, 3.63) is 70.0 Å². The van der Waals surface area contributed by atoms with E-state index in [9.17, 15) is 13.2 Å². The van der Waals surface area contributed by atoms with Gasteiger partial charge < -0.3 is 0 Å². The van der Waals surface area contributed by atoms with Crippen molar-refractivity contribution >= 4 is 11.6 Å². The number of rotatable bonds is 2. The molecule has 0 fully saturated rings. The molecule has 0 unspecified atom stereocenters. The summed E-state index contributed by atoms with van der Waals surface area (Å²) in [6.07, 6.45) is -0.00735. The van der Waals surface area contributed by atoms with Crippen LogP contribution in [0.15, 0.2) is 36.4 Å². The Bertz CT molecular complexity index is 552. The first-order chi connectivity index (χ1) is 8.08. The molecule has 0 heterocycles. The standard InChI is InChI=1S/C13H8ClF3/c14-10-5-4-8(12(16)7-10)6-9-2-1-3-11(15)13(9)17/h1-5,7H,6H2. The summed E-state index contributed by atoms with van der Waals surface area (Å²) in [5, 5.41) is 0.269. The van der Waals surface area contributed by atoms with Crippen LogP contribution < -0.4 is 0 Å². The molecule has 0 radical (unpaired) electrons. The van der Waals surface area contributed by atoms with Crippen LogP contribution >= 0.6 is 11.6 Å². The second-order valence-electron chi connectivity index (χ2n) is 3.63. The normalized spacial score (nSPS) is 10.6. The third-order valence-electron chi connectivity index (χ3n) is 2.43. The minimum atomic E-state index is -0.943. The molecule has 0 aliphatic heterocycles. The molecule has 4 heteroatoms. The maximum absolute atomic E-state index is 13.5. The summed E-state index contributed by atoms with van der Waals surface area (Å²) in [6.45, 7) is 0. The van der Waals surface area contributed by atoms with E-state index in [4.69, 9.17) is 11.6 Å². The molecular weight excluding hydrogens is 249 g/mol. The van der Waals surface area contributed by atoms with Gasteiger partial charge in [-0.05, 0) is 29.3 Å². The second kappa shape index (κ2) is 4.80. The van der Waals surface area contributed by atoms with E-state index in [2.05, 4.69) is 0 Å². The molecule has 0 nitrogen and oxygen atoms in total. The minimum absolute atomic E-state index is 0.00735. The van der Waals surface area contributed by atoms with E-state index in [0.717, 1.165) is 12.1 Å². The van der Waals surface area contributed by atoms with E-state index in [1.807, 2.05) is 0 Å². The van der Waals surface area contributed by atoms with Gasteiger partial charge in [0.15, 0.2) is 11.6 Å². The third kappa shape index (κ3) is 2.61. The van der Waals surface area contributed by atoms with Crippen LogP contribution in [0.2, 0.25) is 5.02 Å². The number of hydrogen-bond donors (Lipinski definition) is 0. The molecule has 0 spiro atoms. The largest absolute Gasteiger partial charge is 0.207 e. The van der Waals surface area contributed by atoms with Gasteiger partial charge in [0.05, 0.1) is 0 Å². The van der Waals surface area contributed by atoms with Gasteiger partial charge in [0, 0.05) is 11.4 Å². The van der Waals surface area contributed by atoms with Gasteiger partial charge >= 0.3 is 0 Å². The Kier molecular flexibility index (Phi) is 3.38. The Hall–Kier alpha value is -1.48. The van der Waals surface area contributed by atoms with Crippen LogP contribution in [0.25, 0.3) is 0 Å². The summed E-state index contributed by atoms with van der Waals surface area (Å²) >= 11 is 5.60. The summed E-state index contributed by atoms with van der Waals surface area (Å²) in [6, 6.07) is 7.96. The first-order valence-corrected chi connectivity index (χ1v) is 5.32. The monoisotopic (exact) mass is 256 g/mol. The Morgan fingerprint density at radius 2 is 1.65 bits per heavy atom. The molecule has 2 aromatic carbocycles. The molecule has 2 aromatic rings. The molecule has 0 aliphatic rings. The van der Waals surface area contributed by atoms with Gasteiger partial charge in [-0.1, -0.05) is 29.8 Å². The van der Waals surface area contributed by atoms with E-state index < -0.39 is 17.5 Å². The molecule has 0 saturated heterocycles. The zero-order chi connectivity index (χ0) is 12.4. The average molecular weight is 257 g/mol. The topological polar surface area (TPSA) is 0 Å².